The normalized spacial score (nSPS) is 10.4. The Morgan fingerprint density at radius 1 is 1.18 bits per heavy atom. The van der Waals surface area contributed by atoms with Crippen molar-refractivity contribution in [1.29, 1.82) is 0 Å². The van der Waals surface area contributed by atoms with Crippen molar-refractivity contribution in [3.05, 3.63) is 46.9 Å². The zero-order chi connectivity index (χ0) is 12.4. The van der Waals surface area contributed by atoms with Crippen LogP contribution in [0.5, 0.6) is 0 Å². The highest BCUT2D eigenvalue weighted by Gasteiger charge is 2.11. The maximum atomic E-state index is 6.00. The number of benzene rings is 1. The summed E-state index contributed by atoms with van der Waals surface area (Å²) in [6.07, 6.45) is 1.48. The van der Waals surface area contributed by atoms with Crippen LogP contribution in [0.15, 0.2) is 30.6 Å². The Bertz CT molecular complexity index is 540. The number of hydrogen-bond acceptors (Lipinski definition) is 3. The largest absolute Gasteiger partial charge is 0.329 e. The molecule has 0 radical (unpaired) electrons. The Labute approximate surface area is 106 Å². The first kappa shape index (κ1) is 11.9. The fourth-order valence-electron chi connectivity index (χ4n) is 1.72. The van der Waals surface area contributed by atoms with Crippen LogP contribution in [-0.4, -0.2) is 17.0 Å². The summed E-state index contributed by atoms with van der Waals surface area (Å²) >= 11 is 6.00. The summed E-state index contributed by atoms with van der Waals surface area (Å²) in [5, 5.41) is 0.495. The minimum atomic E-state index is 0.495. The van der Waals surface area contributed by atoms with Crippen LogP contribution in [0, 0.1) is 13.8 Å². The van der Waals surface area contributed by atoms with Crippen molar-refractivity contribution in [3.63, 3.8) is 0 Å². The molecular weight excluding hydrogens is 234 g/mol. The summed E-state index contributed by atoms with van der Waals surface area (Å²) < 4.78 is 0. The summed E-state index contributed by atoms with van der Waals surface area (Å²) in [4.78, 5) is 10.2. The van der Waals surface area contributed by atoms with Crippen molar-refractivity contribution in [2.45, 2.75) is 13.8 Å². The van der Waals surface area contributed by atoms with Crippen LogP contribution in [-0.2, 0) is 0 Å². The Balaban J connectivity index is 2.44. The molecule has 0 aliphatic carbocycles. The quantitative estimate of drug-likeness (QED) is 0.761. The minimum absolute atomic E-state index is 0.495. The van der Waals surface area contributed by atoms with Crippen molar-refractivity contribution < 1.29 is 0 Å². The van der Waals surface area contributed by atoms with E-state index in [-0.39, 0.29) is 0 Å². The maximum absolute atomic E-state index is 6.00. The highest BCUT2D eigenvalue weighted by Crippen LogP contribution is 2.27. The van der Waals surface area contributed by atoms with Gasteiger partial charge in [-0.2, -0.15) is 0 Å². The van der Waals surface area contributed by atoms with E-state index < -0.39 is 0 Å². The third kappa shape index (κ3) is 2.39. The molecule has 0 N–H and O–H groups in total. The average molecular weight is 248 g/mol. The lowest BCUT2D eigenvalue weighted by Crippen LogP contribution is -2.13. The van der Waals surface area contributed by atoms with Gasteiger partial charge in [0.1, 0.15) is 17.3 Å². The van der Waals surface area contributed by atoms with Crippen LogP contribution in [0.3, 0.4) is 0 Å². The van der Waals surface area contributed by atoms with E-state index >= 15 is 0 Å². The molecule has 0 amide bonds. The van der Waals surface area contributed by atoms with E-state index in [0.717, 1.165) is 17.1 Å². The number of aryl methyl sites for hydroxylation is 1. The van der Waals surface area contributed by atoms with Crippen molar-refractivity contribution in [2.24, 2.45) is 0 Å². The first-order valence-corrected chi connectivity index (χ1v) is 5.75. The zero-order valence-corrected chi connectivity index (χ0v) is 10.9. The standard InChI is InChI=1S/C13H14ClN3/c1-9-5-4-6-11(7-9)17(3)13-10(2)12(14)15-8-16-13/h4-8H,1-3H3. The predicted octanol–water partition coefficient (Wildman–Crippen LogP) is 3.51. The molecule has 0 fully saturated rings. The predicted molar refractivity (Wildman–Crippen MR) is 71.0 cm³/mol. The molecule has 2 aromatic rings. The van der Waals surface area contributed by atoms with Gasteiger partial charge in [-0.15, -0.1) is 0 Å². The number of halogens is 1. The van der Waals surface area contributed by atoms with Crippen LogP contribution in [0.1, 0.15) is 11.1 Å². The summed E-state index contributed by atoms with van der Waals surface area (Å²) in [5.41, 5.74) is 3.19. The molecule has 0 aliphatic rings. The maximum Gasteiger partial charge on any atom is 0.140 e. The molecule has 0 saturated carbocycles. The van der Waals surface area contributed by atoms with Crippen LogP contribution in [0.4, 0.5) is 11.5 Å². The molecule has 2 rings (SSSR count). The smallest absolute Gasteiger partial charge is 0.140 e. The number of rotatable bonds is 2. The molecule has 0 bridgehead atoms. The minimum Gasteiger partial charge on any atom is -0.329 e. The molecular formula is C13H14ClN3. The van der Waals surface area contributed by atoms with Crippen LogP contribution >= 0.6 is 11.6 Å². The topological polar surface area (TPSA) is 29.0 Å². The first-order chi connectivity index (χ1) is 8.09. The van der Waals surface area contributed by atoms with Gasteiger partial charge >= 0.3 is 0 Å². The molecule has 17 heavy (non-hydrogen) atoms. The van der Waals surface area contributed by atoms with Gasteiger partial charge in [-0.05, 0) is 31.5 Å². The van der Waals surface area contributed by atoms with E-state index in [2.05, 4.69) is 29.0 Å². The van der Waals surface area contributed by atoms with Gasteiger partial charge in [-0.1, -0.05) is 23.7 Å². The molecule has 3 nitrogen and oxygen atoms in total. The second kappa shape index (κ2) is 4.72. The van der Waals surface area contributed by atoms with Crippen molar-refractivity contribution in [3.8, 4) is 0 Å². The molecule has 1 aromatic heterocycles. The lowest BCUT2D eigenvalue weighted by Gasteiger charge is -2.20. The number of aromatic nitrogens is 2. The first-order valence-electron chi connectivity index (χ1n) is 5.37. The Morgan fingerprint density at radius 3 is 2.65 bits per heavy atom. The number of nitrogens with zero attached hydrogens (tertiary/aromatic N) is 3. The molecule has 88 valence electrons. The molecule has 0 aliphatic heterocycles. The second-order valence-corrected chi connectivity index (χ2v) is 4.37. The van der Waals surface area contributed by atoms with E-state index in [1.807, 2.05) is 31.0 Å². The number of hydrogen-bond donors (Lipinski definition) is 0. The van der Waals surface area contributed by atoms with E-state index in [1.165, 1.54) is 11.9 Å². The van der Waals surface area contributed by atoms with E-state index in [4.69, 9.17) is 11.6 Å². The fraction of sp³-hybridized carbons (Fsp3) is 0.231. The van der Waals surface area contributed by atoms with E-state index in [1.54, 1.807) is 0 Å². The van der Waals surface area contributed by atoms with Crippen molar-refractivity contribution >= 4 is 23.1 Å². The molecule has 4 heteroatoms. The van der Waals surface area contributed by atoms with E-state index in [9.17, 15) is 0 Å². The molecule has 0 atom stereocenters. The van der Waals surface area contributed by atoms with Crippen LogP contribution in [0.2, 0.25) is 5.15 Å². The third-order valence-corrected chi connectivity index (χ3v) is 3.08. The van der Waals surface area contributed by atoms with Gasteiger partial charge in [0.2, 0.25) is 0 Å². The van der Waals surface area contributed by atoms with Crippen molar-refractivity contribution in [1.82, 2.24) is 9.97 Å². The zero-order valence-electron chi connectivity index (χ0n) is 10.1. The van der Waals surface area contributed by atoms with Gasteiger partial charge in [-0.3, -0.25) is 0 Å². The number of anilines is 2. The lowest BCUT2D eigenvalue weighted by molar-refractivity contribution is 1.05. The fourth-order valence-corrected chi connectivity index (χ4v) is 1.85. The van der Waals surface area contributed by atoms with Gasteiger partial charge < -0.3 is 4.90 Å². The third-order valence-electron chi connectivity index (χ3n) is 2.70. The highest BCUT2D eigenvalue weighted by atomic mass is 35.5. The van der Waals surface area contributed by atoms with Gasteiger partial charge in [0.15, 0.2) is 0 Å². The summed E-state index contributed by atoms with van der Waals surface area (Å²) in [7, 11) is 1.97. The highest BCUT2D eigenvalue weighted by molar-refractivity contribution is 6.30. The molecule has 0 unspecified atom stereocenters. The Hall–Kier alpha value is -1.61. The van der Waals surface area contributed by atoms with E-state index in [0.29, 0.717) is 5.15 Å². The molecule has 0 spiro atoms. The Morgan fingerprint density at radius 2 is 1.94 bits per heavy atom. The van der Waals surface area contributed by atoms with Crippen molar-refractivity contribution in [2.75, 3.05) is 11.9 Å². The molecule has 1 aromatic carbocycles. The summed E-state index contributed by atoms with van der Waals surface area (Å²) in [6, 6.07) is 8.24. The molecule has 1 heterocycles. The SMILES string of the molecule is Cc1cccc(N(C)c2ncnc(Cl)c2C)c1. The summed E-state index contributed by atoms with van der Waals surface area (Å²) in [6.45, 7) is 3.99. The van der Waals surface area contributed by atoms with Gasteiger partial charge in [0.05, 0.1) is 0 Å². The van der Waals surface area contributed by atoms with Gasteiger partial charge in [-0.25, -0.2) is 9.97 Å². The van der Waals surface area contributed by atoms with Crippen LogP contribution in [0.25, 0.3) is 0 Å². The van der Waals surface area contributed by atoms with Crippen LogP contribution < -0.4 is 4.90 Å². The summed E-state index contributed by atoms with van der Waals surface area (Å²) in [5.74, 6) is 0.829. The average Bonchev–Trinajstić information content (AvgIpc) is 2.32. The van der Waals surface area contributed by atoms with Gasteiger partial charge in [0, 0.05) is 18.3 Å². The molecule has 0 saturated heterocycles. The second-order valence-electron chi connectivity index (χ2n) is 4.01. The van der Waals surface area contributed by atoms with Gasteiger partial charge in [0.25, 0.3) is 0 Å². The lowest BCUT2D eigenvalue weighted by atomic mass is 10.2. The monoisotopic (exact) mass is 247 g/mol. The Kier molecular flexibility index (Phi) is 3.29.